The highest BCUT2D eigenvalue weighted by Gasteiger charge is 2.33. The molecule has 2 aromatic carbocycles. The Labute approximate surface area is 285 Å². The molecular weight excluding hydrogens is 618 g/mol. The van der Waals surface area contributed by atoms with Gasteiger partial charge in [0.05, 0.1) is 40.1 Å². The van der Waals surface area contributed by atoms with Gasteiger partial charge in [-0.1, -0.05) is 50.2 Å². The molecule has 3 amide bonds. The zero-order valence-electron chi connectivity index (χ0n) is 29.9. The number of amides is 3. The van der Waals surface area contributed by atoms with Crippen molar-refractivity contribution < 1.29 is 43.2 Å². The van der Waals surface area contributed by atoms with Crippen molar-refractivity contribution in [1.82, 2.24) is 16.0 Å². The monoisotopic (exact) mass is 673 g/mol. The van der Waals surface area contributed by atoms with Crippen LogP contribution in [0.3, 0.4) is 0 Å². The van der Waals surface area contributed by atoms with E-state index >= 15 is 0 Å². The maximum Gasteiger partial charge on any atom is 0.407 e. The van der Waals surface area contributed by atoms with Gasteiger partial charge in [0.1, 0.15) is 11.6 Å². The smallest absolute Gasteiger partial charge is 0.407 e. The van der Waals surface area contributed by atoms with E-state index in [1.165, 1.54) is 21.3 Å². The van der Waals surface area contributed by atoms with Crippen molar-refractivity contribution in [2.45, 2.75) is 84.6 Å². The molecule has 268 valence electrons. The number of ether oxygens (including phenoxy) is 5. The molecule has 0 aliphatic heterocycles. The van der Waals surface area contributed by atoms with Gasteiger partial charge < -0.3 is 44.7 Å². The van der Waals surface area contributed by atoms with Gasteiger partial charge in [-0.05, 0) is 70.1 Å². The average molecular weight is 674 g/mol. The lowest BCUT2D eigenvalue weighted by Gasteiger charge is -2.30. The second-order valence-corrected chi connectivity index (χ2v) is 12.9. The Hall–Kier alpha value is -4.03. The van der Waals surface area contributed by atoms with E-state index in [9.17, 15) is 19.5 Å². The van der Waals surface area contributed by atoms with Gasteiger partial charge in [-0.25, -0.2) is 4.79 Å². The molecule has 0 saturated carbocycles. The van der Waals surface area contributed by atoms with Crippen LogP contribution in [-0.2, 0) is 31.9 Å². The van der Waals surface area contributed by atoms with Crippen molar-refractivity contribution in [3.63, 3.8) is 0 Å². The summed E-state index contributed by atoms with van der Waals surface area (Å²) in [5, 5.41) is 20.3. The lowest BCUT2D eigenvalue weighted by molar-refractivity contribution is -0.132. The van der Waals surface area contributed by atoms with E-state index in [-0.39, 0.29) is 31.1 Å². The summed E-state index contributed by atoms with van der Waals surface area (Å²) >= 11 is 0. The second kappa shape index (κ2) is 19.7. The topological polar surface area (TPSA) is 154 Å². The number of alkyl carbamates (subject to hydrolysis) is 1. The maximum atomic E-state index is 14.1. The third-order valence-corrected chi connectivity index (χ3v) is 7.61. The molecular formula is C36H55N3O9. The van der Waals surface area contributed by atoms with Crippen LogP contribution in [0.4, 0.5) is 4.79 Å². The summed E-state index contributed by atoms with van der Waals surface area (Å²) in [6.07, 6.45) is -1.53. The fourth-order valence-corrected chi connectivity index (χ4v) is 5.25. The van der Waals surface area contributed by atoms with Crippen molar-refractivity contribution in [2.24, 2.45) is 11.8 Å². The lowest BCUT2D eigenvalue weighted by Crippen LogP contribution is -2.53. The van der Waals surface area contributed by atoms with Crippen molar-refractivity contribution >= 4 is 17.9 Å². The molecule has 0 aliphatic carbocycles. The number of carbonyl (C=O) groups is 3. The summed E-state index contributed by atoms with van der Waals surface area (Å²) in [6.45, 7) is 12.0. The molecule has 0 radical (unpaired) electrons. The number of aliphatic hydroxyl groups excluding tert-OH is 1. The molecule has 0 aromatic heterocycles. The molecule has 0 saturated heterocycles. The predicted molar refractivity (Wildman–Crippen MR) is 183 cm³/mol. The van der Waals surface area contributed by atoms with Crippen LogP contribution in [0.2, 0.25) is 0 Å². The molecule has 4 atom stereocenters. The quantitative estimate of drug-likeness (QED) is 0.162. The van der Waals surface area contributed by atoms with Gasteiger partial charge in [-0.2, -0.15) is 0 Å². The van der Waals surface area contributed by atoms with E-state index in [1.807, 2.05) is 51.1 Å². The molecule has 12 heteroatoms. The number of nitrogens with one attached hydrogen (secondary N) is 3. The first-order valence-electron chi connectivity index (χ1n) is 16.4. The molecule has 2 aromatic rings. The molecule has 48 heavy (non-hydrogen) atoms. The standard InChI is InChI=1S/C36H55N3O9/c1-10-47-19-18-37-34(42)30(23(2)3)39-33(41)26(21-25-16-17-29(44-7)32(46-9)31(25)45-8)22-28(40)27(20-24-14-12-11-13-15-24)38-35(43)48-36(4,5)6/h11-17,23,26-28,30,40H,10,18-22H2,1-9H3,(H,37,42)(H,38,43)(H,39,41). The summed E-state index contributed by atoms with van der Waals surface area (Å²) in [5.74, 6) is -0.683. The highest BCUT2D eigenvalue weighted by atomic mass is 16.6. The van der Waals surface area contributed by atoms with Gasteiger partial charge >= 0.3 is 6.09 Å². The Kier molecular flexibility index (Phi) is 16.5. The third kappa shape index (κ3) is 12.9. The summed E-state index contributed by atoms with van der Waals surface area (Å²) < 4.78 is 27.5. The molecule has 0 fully saturated rings. The summed E-state index contributed by atoms with van der Waals surface area (Å²) in [4.78, 5) is 40.1. The van der Waals surface area contributed by atoms with Gasteiger partial charge in [0, 0.05) is 19.1 Å². The Bertz CT molecular complexity index is 1300. The third-order valence-electron chi connectivity index (χ3n) is 7.61. The Morgan fingerprint density at radius 2 is 1.52 bits per heavy atom. The van der Waals surface area contributed by atoms with Crippen LogP contribution in [0.25, 0.3) is 0 Å². The van der Waals surface area contributed by atoms with Crippen molar-refractivity contribution in [3.8, 4) is 17.2 Å². The van der Waals surface area contributed by atoms with Crippen LogP contribution in [0, 0.1) is 11.8 Å². The number of methoxy groups -OCH3 is 3. The fourth-order valence-electron chi connectivity index (χ4n) is 5.25. The number of hydrogen-bond acceptors (Lipinski definition) is 9. The Balaban J connectivity index is 2.48. The van der Waals surface area contributed by atoms with Crippen molar-refractivity contribution in [3.05, 3.63) is 53.6 Å². The highest BCUT2D eigenvalue weighted by Crippen LogP contribution is 2.41. The molecule has 2 rings (SSSR count). The summed E-state index contributed by atoms with van der Waals surface area (Å²) in [6, 6.07) is 11.3. The number of hydrogen-bond donors (Lipinski definition) is 4. The number of carbonyl (C=O) groups excluding carboxylic acids is 3. The van der Waals surface area contributed by atoms with Gasteiger partial charge in [0.2, 0.25) is 17.6 Å². The first-order valence-corrected chi connectivity index (χ1v) is 16.4. The summed E-state index contributed by atoms with van der Waals surface area (Å²) in [5.41, 5.74) is 0.752. The van der Waals surface area contributed by atoms with Crippen molar-refractivity contribution in [1.29, 1.82) is 0 Å². The molecule has 4 unspecified atom stereocenters. The van der Waals surface area contributed by atoms with Gasteiger partial charge in [-0.3, -0.25) is 9.59 Å². The number of aliphatic hydroxyl groups is 1. The minimum absolute atomic E-state index is 0.0621. The largest absolute Gasteiger partial charge is 0.493 e. The predicted octanol–water partition coefficient (Wildman–Crippen LogP) is 4.05. The first-order chi connectivity index (χ1) is 22.7. The molecule has 4 N–H and O–H groups in total. The SMILES string of the molecule is CCOCCNC(=O)C(NC(=O)C(Cc1ccc(OC)c(OC)c1OC)CC(O)C(Cc1ccccc1)NC(=O)OC(C)(C)C)C(C)C. The van der Waals surface area contributed by atoms with Crippen LogP contribution in [-0.4, -0.2) is 87.9 Å². The molecule has 12 nitrogen and oxygen atoms in total. The Morgan fingerprint density at radius 1 is 0.854 bits per heavy atom. The van der Waals surface area contributed by atoms with E-state index in [0.717, 1.165) is 5.56 Å². The minimum Gasteiger partial charge on any atom is -0.493 e. The fraction of sp³-hybridized carbons (Fsp3) is 0.583. The number of benzene rings is 2. The van der Waals surface area contributed by atoms with E-state index in [1.54, 1.807) is 32.9 Å². The zero-order chi connectivity index (χ0) is 35.9. The second-order valence-electron chi connectivity index (χ2n) is 12.9. The van der Waals surface area contributed by atoms with Crippen LogP contribution in [0.1, 0.15) is 59.1 Å². The first kappa shape index (κ1) is 40.1. The van der Waals surface area contributed by atoms with Crippen LogP contribution in [0.5, 0.6) is 17.2 Å². The van der Waals surface area contributed by atoms with Crippen LogP contribution >= 0.6 is 0 Å². The van der Waals surface area contributed by atoms with Gasteiger partial charge in [0.25, 0.3) is 0 Å². The minimum atomic E-state index is -1.18. The highest BCUT2D eigenvalue weighted by molar-refractivity contribution is 5.89. The van der Waals surface area contributed by atoms with Crippen molar-refractivity contribution in [2.75, 3.05) is 41.1 Å². The molecule has 0 aliphatic rings. The summed E-state index contributed by atoms with van der Waals surface area (Å²) in [7, 11) is 4.50. The van der Waals surface area contributed by atoms with E-state index in [0.29, 0.717) is 42.6 Å². The van der Waals surface area contributed by atoms with Crippen LogP contribution in [0.15, 0.2) is 42.5 Å². The van der Waals surface area contributed by atoms with E-state index in [4.69, 9.17) is 23.7 Å². The van der Waals surface area contributed by atoms with E-state index in [2.05, 4.69) is 16.0 Å². The zero-order valence-corrected chi connectivity index (χ0v) is 29.9. The Morgan fingerprint density at radius 3 is 2.08 bits per heavy atom. The van der Waals surface area contributed by atoms with Crippen LogP contribution < -0.4 is 30.2 Å². The molecule has 0 heterocycles. The van der Waals surface area contributed by atoms with Gasteiger partial charge in [-0.15, -0.1) is 0 Å². The molecule has 0 spiro atoms. The van der Waals surface area contributed by atoms with Gasteiger partial charge in [0.15, 0.2) is 11.5 Å². The normalized spacial score (nSPS) is 13.9. The lowest BCUT2D eigenvalue weighted by atomic mass is 9.87. The maximum absolute atomic E-state index is 14.1. The molecule has 0 bridgehead atoms. The van der Waals surface area contributed by atoms with E-state index < -0.39 is 41.7 Å². The number of rotatable bonds is 19. The average Bonchev–Trinajstić information content (AvgIpc) is 3.03.